The molecule has 1 nitrogen and oxygen atoms in total. The second kappa shape index (κ2) is 1.28. The second-order valence-electron chi connectivity index (χ2n) is 3.14. The molecule has 0 aromatic carbocycles. The zero-order chi connectivity index (χ0) is 6.48. The molecule has 0 amide bonds. The maximum absolute atomic E-state index is 11.1. The molecule has 0 aliphatic heterocycles. The normalized spacial score (nSPS) is 40.4. The summed E-state index contributed by atoms with van der Waals surface area (Å²) in [6.45, 7) is 3.83. The minimum Gasteiger partial charge on any atom is -0.299 e. The van der Waals surface area contributed by atoms with E-state index in [-0.39, 0.29) is 5.41 Å². The number of carbonyl (C=O) groups excluding carboxylic acids is 1. The van der Waals surface area contributed by atoms with E-state index in [0.717, 1.165) is 25.7 Å². The molecule has 1 unspecified atom stereocenters. The molecule has 2 fully saturated rings. The van der Waals surface area contributed by atoms with Crippen LogP contribution >= 0.6 is 0 Å². The van der Waals surface area contributed by atoms with E-state index in [1.54, 1.807) is 0 Å². The molecular weight excluding hydrogens is 112 g/mol. The van der Waals surface area contributed by atoms with Gasteiger partial charge in [-0.1, -0.05) is 12.2 Å². The van der Waals surface area contributed by atoms with E-state index in [1.807, 2.05) is 0 Å². The maximum Gasteiger partial charge on any atom is 0.143 e. The van der Waals surface area contributed by atoms with E-state index in [0.29, 0.717) is 5.78 Å². The lowest BCUT2D eigenvalue weighted by Crippen LogP contribution is -2.05. The van der Waals surface area contributed by atoms with Crippen LogP contribution in [0.2, 0.25) is 0 Å². The summed E-state index contributed by atoms with van der Waals surface area (Å²) in [6, 6.07) is 0. The van der Waals surface area contributed by atoms with Crippen LogP contribution in [-0.4, -0.2) is 5.78 Å². The van der Waals surface area contributed by atoms with E-state index < -0.39 is 0 Å². The van der Waals surface area contributed by atoms with Crippen molar-refractivity contribution >= 4 is 5.78 Å². The molecule has 0 saturated heterocycles. The maximum atomic E-state index is 11.1. The van der Waals surface area contributed by atoms with E-state index in [9.17, 15) is 4.79 Å². The van der Waals surface area contributed by atoms with Crippen molar-refractivity contribution in [2.75, 3.05) is 0 Å². The third-order valence-corrected chi connectivity index (χ3v) is 2.61. The number of ketones is 1. The quantitative estimate of drug-likeness (QED) is 0.447. The molecule has 2 aliphatic rings. The van der Waals surface area contributed by atoms with Gasteiger partial charge in [0.05, 0.1) is 5.41 Å². The van der Waals surface area contributed by atoms with Gasteiger partial charge in [0.25, 0.3) is 0 Å². The van der Waals surface area contributed by atoms with Crippen LogP contribution in [0.3, 0.4) is 0 Å². The minimum atomic E-state index is 0.0278. The van der Waals surface area contributed by atoms with Gasteiger partial charge in [-0.15, -0.1) is 0 Å². The van der Waals surface area contributed by atoms with Crippen molar-refractivity contribution in [3.8, 4) is 0 Å². The Morgan fingerprint density at radius 1 is 1.56 bits per heavy atom. The van der Waals surface area contributed by atoms with Gasteiger partial charge in [0.15, 0.2) is 0 Å². The minimum absolute atomic E-state index is 0.0278. The SMILES string of the molecule is C=C1CC12CCCC2=O. The highest BCUT2D eigenvalue weighted by atomic mass is 16.1. The smallest absolute Gasteiger partial charge is 0.143 e. The monoisotopic (exact) mass is 122 g/mol. The van der Waals surface area contributed by atoms with Gasteiger partial charge in [-0.25, -0.2) is 0 Å². The predicted octanol–water partition coefficient (Wildman–Crippen LogP) is 1.69. The summed E-state index contributed by atoms with van der Waals surface area (Å²) >= 11 is 0. The Bertz CT molecular complexity index is 193. The van der Waals surface area contributed by atoms with Crippen LogP contribution in [0.4, 0.5) is 0 Å². The highest BCUT2D eigenvalue weighted by Crippen LogP contribution is 2.59. The topological polar surface area (TPSA) is 17.1 Å². The number of rotatable bonds is 0. The van der Waals surface area contributed by atoms with E-state index in [4.69, 9.17) is 0 Å². The third-order valence-electron chi connectivity index (χ3n) is 2.61. The molecule has 1 heteroatoms. The molecule has 0 heterocycles. The molecule has 0 bridgehead atoms. The van der Waals surface area contributed by atoms with Gasteiger partial charge in [-0.05, 0) is 19.3 Å². The number of hydrogen-bond acceptors (Lipinski definition) is 1. The summed E-state index contributed by atoms with van der Waals surface area (Å²) in [5.74, 6) is 0.451. The number of hydrogen-bond donors (Lipinski definition) is 0. The Hall–Kier alpha value is -0.590. The summed E-state index contributed by atoms with van der Waals surface area (Å²) in [5, 5.41) is 0. The zero-order valence-corrected chi connectivity index (χ0v) is 5.44. The van der Waals surface area contributed by atoms with Gasteiger partial charge in [-0.2, -0.15) is 0 Å². The summed E-state index contributed by atoms with van der Waals surface area (Å²) in [6.07, 6.45) is 3.98. The second-order valence-corrected chi connectivity index (χ2v) is 3.14. The van der Waals surface area contributed by atoms with Crippen molar-refractivity contribution in [1.82, 2.24) is 0 Å². The van der Waals surface area contributed by atoms with E-state index in [1.165, 1.54) is 5.57 Å². The number of allylic oxidation sites excluding steroid dienone is 1. The van der Waals surface area contributed by atoms with Crippen molar-refractivity contribution < 1.29 is 4.79 Å². The lowest BCUT2D eigenvalue weighted by atomic mass is 10.0. The molecule has 9 heavy (non-hydrogen) atoms. The zero-order valence-electron chi connectivity index (χ0n) is 5.44. The fourth-order valence-corrected chi connectivity index (χ4v) is 1.81. The average Bonchev–Trinajstić information content (AvgIpc) is 2.29. The fraction of sp³-hybridized carbons (Fsp3) is 0.625. The van der Waals surface area contributed by atoms with Gasteiger partial charge in [0, 0.05) is 6.42 Å². The molecule has 1 spiro atoms. The molecule has 0 radical (unpaired) electrons. The van der Waals surface area contributed by atoms with Crippen molar-refractivity contribution in [1.29, 1.82) is 0 Å². The first-order valence-electron chi connectivity index (χ1n) is 3.47. The number of Topliss-reactive ketones (excluding diaryl/α,β-unsaturated/α-hetero) is 1. The lowest BCUT2D eigenvalue weighted by Gasteiger charge is -1.97. The Labute approximate surface area is 54.8 Å². The largest absolute Gasteiger partial charge is 0.299 e. The van der Waals surface area contributed by atoms with E-state index in [2.05, 4.69) is 6.58 Å². The van der Waals surface area contributed by atoms with Crippen molar-refractivity contribution in [3.05, 3.63) is 12.2 Å². The highest BCUT2D eigenvalue weighted by molar-refractivity contribution is 5.94. The van der Waals surface area contributed by atoms with Gasteiger partial charge in [-0.3, -0.25) is 4.79 Å². The summed E-state index contributed by atoms with van der Waals surface area (Å²) in [5.41, 5.74) is 1.21. The molecule has 0 N–H and O–H groups in total. The Balaban J connectivity index is 2.31. The van der Waals surface area contributed by atoms with Crippen molar-refractivity contribution in [2.45, 2.75) is 25.7 Å². The standard InChI is InChI=1S/C8H10O/c1-6-5-8(6)4-2-3-7(8)9/h1-5H2. The Morgan fingerprint density at radius 2 is 2.22 bits per heavy atom. The predicted molar refractivity (Wildman–Crippen MR) is 35.0 cm³/mol. The van der Waals surface area contributed by atoms with Gasteiger partial charge in [0.2, 0.25) is 0 Å². The van der Waals surface area contributed by atoms with Crippen LogP contribution in [0, 0.1) is 5.41 Å². The lowest BCUT2D eigenvalue weighted by molar-refractivity contribution is -0.121. The van der Waals surface area contributed by atoms with Crippen LogP contribution in [-0.2, 0) is 4.79 Å². The summed E-state index contributed by atoms with van der Waals surface area (Å²) in [4.78, 5) is 11.1. The first-order chi connectivity index (χ1) is 4.26. The summed E-state index contributed by atoms with van der Waals surface area (Å²) < 4.78 is 0. The Kier molecular flexibility index (Phi) is 0.743. The molecule has 0 aromatic rings. The van der Waals surface area contributed by atoms with Crippen LogP contribution in [0.1, 0.15) is 25.7 Å². The van der Waals surface area contributed by atoms with Crippen LogP contribution in [0.25, 0.3) is 0 Å². The molecule has 2 rings (SSSR count). The fourth-order valence-electron chi connectivity index (χ4n) is 1.81. The van der Waals surface area contributed by atoms with Gasteiger partial charge in [0.1, 0.15) is 5.78 Å². The van der Waals surface area contributed by atoms with E-state index >= 15 is 0 Å². The molecule has 48 valence electrons. The molecule has 2 saturated carbocycles. The van der Waals surface area contributed by atoms with Gasteiger partial charge < -0.3 is 0 Å². The molecule has 1 atom stereocenters. The molecule has 2 aliphatic carbocycles. The van der Waals surface area contributed by atoms with Gasteiger partial charge >= 0.3 is 0 Å². The molecular formula is C8H10O. The first-order valence-corrected chi connectivity index (χ1v) is 3.47. The van der Waals surface area contributed by atoms with Crippen LogP contribution < -0.4 is 0 Å². The van der Waals surface area contributed by atoms with Crippen LogP contribution in [0.5, 0.6) is 0 Å². The van der Waals surface area contributed by atoms with Crippen LogP contribution in [0.15, 0.2) is 12.2 Å². The van der Waals surface area contributed by atoms with Crippen molar-refractivity contribution in [2.24, 2.45) is 5.41 Å². The highest BCUT2D eigenvalue weighted by Gasteiger charge is 2.55. The molecule has 0 aromatic heterocycles. The number of carbonyl (C=O) groups is 1. The summed E-state index contributed by atoms with van der Waals surface area (Å²) in [7, 11) is 0. The third kappa shape index (κ3) is 0.473. The first kappa shape index (κ1) is 5.21. The van der Waals surface area contributed by atoms with Crippen molar-refractivity contribution in [3.63, 3.8) is 0 Å². The Morgan fingerprint density at radius 3 is 2.44 bits per heavy atom. The average molecular weight is 122 g/mol.